The Morgan fingerprint density at radius 3 is 2.59 bits per heavy atom. The van der Waals surface area contributed by atoms with E-state index in [1.165, 1.54) is 11.3 Å². The van der Waals surface area contributed by atoms with E-state index in [1.807, 2.05) is 0 Å². The average molecular weight is 461 g/mol. The summed E-state index contributed by atoms with van der Waals surface area (Å²) in [5.74, 6) is 6.12. The molecule has 0 amide bonds. The molecule has 2 fully saturated rings. The van der Waals surface area contributed by atoms with Gasteiger partial charge in [-0.15, -0.1) is 0 Å². The molecule has 2 aliphatic heterocycles. The Morgan fingerprint density at radius 1 is 1.09 bits per heavy atom. The number of hydrogen-bond acceptors (Lipinski definition) is 6. The van der Waals surface area contributed by atoms with E-state index in [0.717, 1.165) is 86.6 Å². The molecule has 0 unspecified atom stereocenters. The molecule has 0 aliphatic carbocycles. The van der Waals surface area contributed by atoms with Crippen LogP contribution in [0.4, 0.5) is 5.69 Å². The van der Waals surface area contributed by atoms with Crippen LogP contribution >= 0.6 is 0 Å². The summed E-state index contributed by atoms with van der Waals surface area (Å²) in [5, 5.41) is 19.9. The lowest BCUT2D eigenvalue weighted by Gasteiger charge is -2.31. The number of aromatic amines is 1. The maximum Gasteiger partial charge on any atom is 0.138 e. The van der Waals surface area contributed by atoms with Gasteiger partial charge in [0.25, 0.3) is 0 Å². The van der Waals surface area contributed by atoms with Gasteiger partial charge in [-0.1, -0.05) is 24.0 Å². The topological polar surface area (TPSA) is 84.9 Å². The van der Waals surface area contributed by atoms with Crippen LogP contribution in [0.15, 0.2) is 36.5 Å². The molecule has 0 atom stereocenters. The lowest BCUT2D eigenvalue weighted by atomic mass is 10.0. The van der Waals surface area contributed by atoms with Gasteiger partial charge < -0.3 is 24.8 Å². The molecule has 1 aromatic carbocycles. The van der Waals surface area contributed by atoms with Crippen LogP contribution in [0.3, 0.4) is 0 Å². The smallest absolute Gasteiger partial charge is 0.138 e. The van der Waals surface area contributed by atoms with Gasteiger partial charge in [-0.2, -0.15) is 0 Å². The highest BCUT2D eigenvalue weighted by molar-refractivity contribution is 5.89. The second-order valence-electron chi connectivity index (χ2n) is 9.03. The van der Waals surface area contributed by atoms with Gasteiger partial charge in [0.2, 0.25) is 0 Å². The number of morpholine rings is 1. The number of aromatic nitrogens is 2. The molecule has 34 heavy (non-hydrogen) atoms. The van der Waals surface area contributed by atoms with Crippen LogP contribution in [-0.2, 0) is 11.3 Å². The number of aliphatic hydroxyl groups excluding tert-OH is 2. The van der Waals surface area contributed by atoms with E-state index in [2.05, 4.69) is 61.9 Å². The molecule has 4 heterocycles. The predicted molar refractivity (Wildman–Crippen MR) is 134 cm³/mol. The standard InChI is InChI=1S/C27H32N4O3/c32-14-2-1-3-20-17-24-25(19-30-12-15-34-16-13-30)26(29-27(24)28-18-20)21-4-6-22(7-5-21)31-10-8-23(33)9-11-31/h4-7,17-18,23,32-33H,2,8-16,19H2,(H,28,29). The number of fused-ring (bicyclic) bond motifs is 1. The van der Waals surface area contributed by atoms with E-state index in [4.69, 9.17) is 9.84 Å². The lowest BCUT2D eigenvalue weighted by molar-refractivity contribution is 0.0344. The molecular weight excluding hydrogens is 428 g/mol. The number of aliphatic hydroxyl groups is 2. The van der Waals surface area contributed by atoms with Gasteiger partial charge in [-0.3, -0.25) is 4.90 Å². The number of pyridine rings is 1. The molecule has 2 saturated heterocycles. The van der Waals surface area contributed by atoms with Crippen LogP contribution in [0.25, 0.3) is 22.3 Å². The van der Waals surface area contributed by atoms with Gasteiger partial charge in [0.1, 0.15) is 5.65 Å². The van der Waals surface area contributed by atoms with Crippen LogP contribution in [0.1, 0.15) is 30.4 Å². The highest BCUT2D eigenvalue weighted by atomic mass is 16.5. The number of anilines is 1. The lowest BCUT2D eigenvalue weighted by Crippen LogP contribution is -2.35. The normalized spacial score (nSPS) is 17.6. The second kappa shape index (κ2) is 10.6. The van der Waals surface area contributed by atoms with E-state index < -0.39 is 0 Å². The zero-order chi connectivity index (χ0) is 23.3. The first-order valence-corrected chi connectivity index (χ1v) is 12.1. The molecule has 5 rings (SSSR count). The van der Waals surface area contributed by atoms with E-state index in [0.29, 0.717) is 6.42 Å². The zero-order valence-electron chi connectivity index (χ0n) is 19.5. The minimum atomic E-state index is -0.171. The maximum absolute atomic E-state index is 9.81. The summed E-state index contributed by atoms with van der Waals surface area (Å²) in [6, 6.07) is 10.8. The summed E-state index contributed by atoms with van der Waals surface area (Å²) in [4.78, 5) is 13.0. The summed E-state index contributed by atoms with van der Waals surface area (Å²) in [5.41, 5.74) is 6.37. The van der Waals surface area contributed by atoms with Crippen molar-refractivity contribution in [3.63, 3.8) is 0 Å². The van der Waals surface area contributed by atoms with Gasteiger partial charge in [0, 0.05) is 67.5 Å². The Kier molecular flexibility index (Phi) is 7.12. The van der Waals surface area contributed by atoms with Crippen molar-refractivity contribution in [2.75, 3.05) is 50.9 Å². The molecule has 0 saturated carbocycles. The summed E-state index contributed by atoms with van der Waals surface area (Å²) < 4.78 is 5.55. The number of ether oxygens (including phenoxy) is 1. The molecule has 3 aromatic rings. The van der Waals surface area contributed by atoms with Crippen LogP contribution in [0.5, 0.6) is 0 Å². The third kappa shape index (κ3) is 5.11. The minimum absolute atomic E-state index is 0.0628. The van der Waals surface area contributed by atoms with E-state index >= 15 is 0 Å². The first kappa shape index (κ1) is 22.9. The van der Waals surface area contributed by atoms with E-state index in [1.54, 1.807) is 6.20 Å². The number of nitrogens with one attached hydrogen (secondary N) is 1. The molecule has 0 bridgehead atoms. The Bertz CT molecular complexity index is 1160. The number of benzene rings is 1. The molecule has 178 valence electrons. The van der Waals surface area contributed by atoms with Crippen LogP contribution in [0.2, 0.25) is 0 Å². The molecule has 7 heteroatoms. The monoisotopic (exact) mass is 460 g/mol. The van der Waals surface area contributed by atoms with Gasteiger partial charge >= 0.3 is 0 Å². The molecule has 2 aliphatic rings. The summed E-state index contributed by atoms with van der Waals surface area (Å²) >= 11 is 0. The van der Waals surface area contributed by atoms with Crippen LogP contribution in [-0.4, -0.2) is 77.2 Å². The van der Waals surface area contributed by atoms with Gasteiger partial charge in [-0.25, -0.2) is 4.98 Å². The second-order valence-corrected chi connectivity index (χ2v) is 9.03. The van der Waals surface area contributed by atoms with Crippen molar-refractivity contribution in [3.8, 4) is 23.1 Å². The average Bonchev–Trinajstić information content (AvgIpc) is 3.23. The highest BCUT2D eigenvalue weighted by Gasteiger charge is 2.20. The fourth-order valence-electron chi connectivity index (χ4n) is 4.77. The van der Waals surface area contributed by atoms with Crippen molar-refractivity contribution >= 4 is 16.7 Å². The minimum Gasteiger partial charge on any atom is -0.395 e. The number of hydrogen-bond donors (Lipinski definition) is 3. The molecular formula is C27H32N4O3. The molecule has 2 aromatic heterocycles. The Balaban J connectivity index is 1.48. The number of H-pyrrole nitrogens is 1. The maximum atomic E-state index is 9.81. The third-order valence-corrected chi connectivity index (χ3v) is 6.70. The first-order valence-electron chi connectivity index (χ1n) is 12.1. The van der Waals surface area contributed by atoms with Gasteiger partial charge in [-0.05, 0) is 36.6 Å². The van der Waals surface area contributed by atoms with E-state index in [-0.39, 0.29) is 12.7 Å². The summed E-state index contributed by atoms with van der Waals surface area (Å²) in [7, 11) is 0. The van der Waals surface area contributed by atoms with Crippen LogP contribution in [0, 0.1) is 11.8 Å². The van der Waals surface area contributed by atoms with Crippen LogP contribution < -0.4 is 4.90 Å². The van der Waals surface area contributed by atoms with Gasteiger partial charge in [0.15, 0.2) is 0 Å². The predicted octanol–water partition coefficient (Wildman–Crippen LogP) is 2.76. The van der Waals surface area contributed by atoms with Crippen molar-refractivity contribution in [3.05, 3.63) is 47.7 Å². The first-order chi connectivity index (χ1) is 16.7. The van der Waals surface area contributed by atoms with Crippen molar-refractivity contribution in [2.24, 2.45) is 0 Å². The number of nitrogens with zero attached hydrogens (tertiary/aromatic N) is 3. The van der Waals surface area contributed by atoms with Crippen molar-refractivity contribution < 1.29 is 14.9 Å². The largest absolute Gasteiger partial charge is 0.395 e. The summed E-state index contributed by atoms with van der Waals surface area (Å²) in [6.45, 7) is 6.00. The number of rotatable bonds is 5. The highest BCUT2D eigenvalue weighted by Crippen LogP contribution is 2.33. The molecule has 0 spiro atoms. The number of piperidine rings is 1. The third-order valence-electron chi connectivity index (χ3n) is 6.70. The zero-order valence-corrected chi connectivity index (χ0v) is 19.5. The molecule has 3 N–H and O–H groups in total. The molecule has 0 radical (unpaired) electrons. The molecule has 7 nitrogen and oxygen atoms in total. The van der Waals surface area contributed by atoms with E-state index in [9.17, 15) is 5.11 Å². The Hall–Kier alpha value is -2.89. The SMILES string of the molecule is OCCC#Cc1cnc2[nH]c(-c3ccc(N4CCC(O)CC4)cc3)c(CN3CCOCC3)c2c1. The van der Waals surface area contributed by atoms with Gasteiger partial charge in [0.05, 0.1) is 31.6 Å². The quantitative estimate of drug-likeness (QED) is 0.508. The van der Waals surface area contributed by atoms with Crippen molar-refractivity contribution in [1.82, 2.24) is 14.9 Å². The Labute approximate surface area is 200 Å². The Morgan fingerprint density at radius 2 is 1.85 bits per heavy atom. The summed E-state index contributed by atoms with van der Waals surface area (Å²) in [6.07, 6.45) is 3.72. The fourth-order valence-corrected chi connectivity index (χ4v) is 4.77. The van der Waals surface area contributed by atoms with Crippen molar-refractivity contribution in [1.29, 1.82) is 0 Å². The fraction of sp³-hybridized carbons (Fsp3) is 0.444. The van der Waals surface area contributed by atoms with Crippen molar-refractivity contribution in [2.45, 2.75) is 31.9 Å².